The predicted molar refractivity (Wildman–Crippen MR) is 74.5 cm³/mol. The van der Waals surface area contributed by atoms with Crippen LogP contribution in [0.3, 0.4) is 0 Å². The normalized spacial score (nSPS) is 10.8. The minimum absolute atomic E-state index is 0.0173. The van der Waals surface area contributed by atoms with Crippen molar-refractivity contribution in [2.24, 2.45) is 5.10 Å². The highest BCUT2D eigenvalue weighted by Gasteiger charge is 2.03. The summed E-state index contributed by atoms with van der Waals surface area (Å²) in [4.78, 5) is 21.8. The number of H-pyrrole nitrogens is 1. The number of nitrogens with one attached hydrogen (secondary N) is 1. The van der Waals surface area contributed by atoms with Crippen molar-refractivity contribution in [3.8, 4) is 0 Å². The van der Waals surface area contributed by atoms with Gasteiger partial charge in [0.15, 0.2) is 0 Å². The maximum Gasteiger partial charge on any atom is 0.296 e. The van der Waals surface area contributed by atoms with Crippen LogP contribution in [0, 0.1) is 21.8 Å². The number of nitro groups is 1. The van der Waals surface area contributed by atoms with Gasteiger partial charge in [0.25, 0.3) is 11.2 Å². The van der Waals surface area contributed by atoms with E-state index in [1.54, 1.807) is 0 Å². The molecule has 0 saturated carbocycles. The van der Waals surface area contributed by atoms with E-state index in [-0.39, 0.29) is 16.2 Å². The predicted octanol–water partition coefficient (Wildman–Crippen LogP) is 1.40. The molecular formula is C11H9N5O3S. The second-order valence-corrected chi connectivity index (χ2v) is 4.21. The van der Waals surface area contributed by atoms with Gasteiger partial charge in [0.1, 0.15) is 5.69 Å². The highest BCUT2D eigenvalue weighted by molar-refractivity contribution is 7.71. The summed E-state index contributed by atoms with van der Waals surface area (Å²) in [6, 6.07) is 5.74. The summed E-state index contributed by atoms with van der Waals surface area (Å²) in [7, 11) is 0. The quantitative estimate of drug-likeness (QED) is 0.398. The van der Waals surface area contributed by atoms with Crippen LogP contribution in [0.15, 0.2) is 34.2 Å². The van der Waals surface area contributed by atoms with E-state index in [1.807, 2.05) is 0 Å². The van der Waals surface area contributed by atoms with Crippen molar-refractivity contribution < 1.29 is 4.92 Å². The molecule has 1 aromatic heterocycles. The number of non-ortho nitro benzene ring substituents is 1. The van der Waals surface area contributed by atoms with Gasteiger partial charge < -0.3 is 0 Å². The number of nitro benzene ring substituents is 1. The molecule has 0 aliphatic carbocycles. The highest BCUT2D eigenvalue weighted by atomic mass is 32.1. The first kappa shape index (κ1) is 13.7. The summed E-state index contributed by atoms with van der Waals surface area (Å²) in [5, 5.41) is 20.7. The lowest BCUT2D eigenvalue weighted by molar-refractivity contribution is -0.384. The first-order valence-corrected chi connectivity index (χ1v) is 5.87. The summed E-state index contributed by atoms with van der Waals surface area (Å²) in [5.41, 5.74) is 0.397. The summed E-state index contributed by atoms with van der Waals surface area (Å²) in [5.74, 6) is 0. The van der Waals surface area contributed by atoms with E-state index in [0.29, 0.717) is 5.56 Å². The standard InChI is InChI=1S/C11H9N5O3S/c1-7-10(17)15(11(20)14-13-7)12-6-8-2-4-9(5-3-8)16(18)19/h2-6H,1H3,(H,14,20)/b12-6-. The van der Waals surface area contributed by atoms with Gasteiger partial charge in [-0.2, -0.15) is 14.9 Å². The minimum atomic E-state index is -0.492. The Morgan fingerprint density at radius 3 is 2.70 bits per heavy atom. The molecule has 0 amide bonds. The van der Waals surface area contributed by atoms with Crippen LogP contribution >= 0.6 is 12.2 Å². The van der Waals surface area contributed by atoms with Crippen LogP contribution in [0.2, 0.25) is 0 Å². The van der Waals surface area contributed by atoms with Crippen LogP contribution < -0.4 is 5.56 Å². The largest absolute Gasteiger partial charge is 0.296 e. The van der Waals surface area contributed by atoms with E-state index in [2.05, 4.69) is 15.3 Å². The van der Waals surface area contributed by atoms with Gasteiger partial charge in [0, 0.05) is 12.1 Å². The SMILES string of the molecule is Cc1n[nH]c(=S)n(/N=C\c2ccc([N+](=O)[O-])cc2)c1=O. The molecule has 0 bridgehead atoms. The Balaban J connectivity index is 2.35. The zero-order valence-electron chi connectivity index (χ0n) is 10.3. The van der Waals surface area contributed by atoms with Crippen LogP contribution in [0.5, 0.6) is 0 Å². The average molecular weight is 291 g/mol. The third-order valence-corrected chi connectivity index (χ3v) is 2.70. The maximum atomic E-state index is 11.8. The van der Waals surface area contributed by atoms with E-state index >= 15 is 0 Å². The van der Waals surface area contributed by atoms with E-state index in [4.69, 9.17) is 12.2 Å². The van der Waals surface area contributed by atoms with E-state index in [0.717, 1.165) is 4.68 Å². The van der Waals surface area contributed by atoms with Gasteiger partial charge in [-0.25, -0.2) is 0 Å². The maximum absolute atomic E-state index is 11.8. The van der Waals surface area contributed by atoms with Crippen molar-refractivity contribution >= 4 is 24.1 Å². The van der Waals surface area contributed by atoms with Crippen LogP contribution in [-0.2, 0) is 0 Å². The van der Waals surface area contributed by atoms with Gasteiger partial charge in [-0.15, -0.1) is 0 Å². The van der Waals surface area contributed by atoms with Crippen LogP contribution in [0.1, 0.15) is 11.3 Å². The molecule has 0 unspecified atom stereocenters. The molecule has 2 aromatic rings. The van der Waals surface area contributed by atoms with Crippen LogP contribution in [0.25, 0.3) is 0 Å². The zero-order valence-corrected chi connectivity index (χ0v) is 11.1. The monoisotopic (exact) mass is 291 g/mol. The van der Waals surface area contributed by atoms with E-state index in [9.17, 15) is 14.9 Å². The average Bonchev–Trinajstić information content (AvgIpc) is 2.43. The molecule has 102 valence electrons. The Morgan fingerprint density at radius 1 is 1.45 bits per heavy atom. The van der Waals surface area contributed by atoms with E-state index in [1.165, 1.54) is 37.4 Å². The molecule has 0 spiro atoms. The Morgan fingerprint density at radius 2 is 2.10 bits per heavy atom. The number of nitrogens with zero attached hydrogens (tertiary/aromatic N) is 4. The Bertz CT molecular complexity index is 791. The molecule has 0 atom stereocenters. The first-order valence-electron chi connectivity index (χ1n) is 5.46. The molecule has 0 aliphatic rings. The topological polar surface area (TPSA) is 106 Å². The molecule has 0 saturated heterocycles. The number of aryl methyl sites for hydroxylation is 1. The van der Waals surface area contributed by atoms with Crippen LogP contribution in [0.4, 0.5) is 5.69 Å². The number of aromatic nitrogens is 3. The van der Waals surface area contributed by atoms with Crippen molar-refractivity contribution in [2.75, 3.05) is 0 Å². The number of hydrogen-bond acceptors (Lipinski definition) is 6. The molecule has 2 rings (SSSR count). The second kappa shape index (κ2) is 5.53. The van der Waals surface area contributed by atoms with Gasteiger partial charge in [-0.05, 0) is 36.8 Å². The van der Waals surface area contributed by atoms with Gasteiger partial charge in [0.05, 0.1) is 11.1 Å². The van der Waals surface area contributed by atoms with Crippen molar-refractivity contribution in [1.29, 1.82) is 0 Å². The third-order valence-electron chi connectivity index (χ3n) is 2.44. The summed E-state index contributed by atoms with van der Waals surface area (Å²) in [6.45, 7) is 1.53. The molecule has 1 N–H and O–H groups in total. The smallest absolute Gasteiger partial charge is 0.265 e. The zero-order chi connectivity index (χ0) is 14.7. The number of hydrogen-bond donors (Lipinski definition) is 1. The van der Waals surface area contributed by atoms with Crippen LogP contribution in [-0.4, -0.2) is 26.0 Å². The summed E-state index contributed by atoms with van der Waals surface area (Å²) >= 11 is 4.91. The third kappa shape index (κ3) is 2.83. The molecule has 8 nitrogen and oxygen atoms in total. The molecule has 20 heavy (non-hydrogen) atoms. The van der Waals surface area contributed by atoms with Gasteiger partial charge in [-0.1, -0.05) is 0 Å². The highest BCUT2D eigenvalue weighted by Crippen LogP contribution is 2.10. The van der Waals surface area contributed by atoms with Crippen molar-refractivity contribution in [3.05, 3.63) is 60.8 Å². The minimum Gasteiger partial charge on any atom is -0.265 e. The molecule has 1 heterocycles. The number of benzene rings is 1. The molecule has 0 aliphatic heterocycles. The number of aromatic amines is 1. The van der Waals surface area contributed by atoms with Gasteiger partial charge >= 0.3 is 0 Å². The van der Waals surface area contributed by atoms with Crippen molar-refractivity contribution in [1.82, 2.24) is 14.9 Å². The second-order valence-electron chi connectivity index (χ2n) is 3.82. The van der Waals surface area contributed by atoms with Crippen molar-refractivity contribution in [2.45, 2.75) is 6.92 Å². The van der Waals surface area contributed by atoms with Crippen molar-refractivity contribution in [3.63, 3.8) is 0 Å². The number of rotatable bonds is 3. The lowest BCUT2D eigenvalue weighted by Gasteiger charge is -1.99. The van der Waals surface area contributed by atoms with Gasteiger partial charge in [0.2, 0.25) is 4.77 Å². The lowest BCUT2D eigenvalue weighted by atomic mass is 10.2. The Labute approximate surface area is 117 Å². The lowest BCUT2D eigenvalue weighted by Crippen LogP contribution is -2.22. The fourth-order valence-electron chi connectivity index (χ4n) is 1.38. The Kier molecular flexibility index (Phi) is 3.80. The molecule has 0 radical (unpaired) electrons. The molecular weight excluding hydrogens is 282 g/mol. The molecule has 9 heteroatoms. The van der Waals surface area contributed by atoms with Gasteiger partial charge in [-0.3, -0.25) is 20.0 Å². The first-order chi connectivity index (χ1) is 9.49. The van der Waals surface area contributed by atoms with E-state index < -0.39 is 10.5 Å². The fourth-order valence-corrected chi connectivity index (χ4v) is 1.56. The summed E-state index contributed by atoms with van der Waals surface area (Å²) < 4.78 is 1.07. The Hall–Kier alpha value is -2.68. The fraction of sp³-hybridized carbons (Fsp3) is 0.0909. The summed E-state index contributed by atoms with van der Waals surface area (Å²) in [6.07, 6.45) is 1.38. The molecule has 0 fully saturated rings. The molecule has 1 aromatic carbocycles.